The van der Waals surface area contributed by atoms with E-state index in [0.717, 1.165) is 21.4 Å². The zero-order valence-electron chi connectivity index (χ0n) is 13.8. The summed E-state index contributed by atoms with van der Waals surface area (Å²) < 4.78 is 0.792. The van der Waals surface area contributed by atoms with Crippen LogP contribution in [0.15, 0.2) is 41.2 Å². The number of carbonyl (C=O) groups excluding carboxylic acids is 1. The van der Waals surface area contributed by atoms with Gasteiger partial charge in [-0.2, -0.15) is 4.68 Å². The molecule has 3 rings (SSSR count). The lowest BCUT2D eigenvalue weighted by atomic mass is 10.1. The van der Waals surface area contributed by atoms with Gasteiger partial charge in [-0.05, 0) is 37.1 Å². The van der Waals surface area contributed by atoms with Crippen LogP contribution in [-0.4, -0.2) is 26.9 Å². The number of hydrogen-bond acceptors (Lipinski definition) is 3. The average molecular weight is 339 g/mol. The lowest BCUT2D eigenvalue weighted by molar-refractivity contribution is 0.0699. The number of carboxylic acid groups (broad SMARTS) is 1. The highest BCUT2D eigenvalue weighted by atomic mass is 16.4. The third-order valence-corrected chi connectivity index (χ3v) is 4.08. The van der Waals surface area contributed by atoms with Crippen LogP contribution in [0.5, 0.6) is 0 Å². The predicted molar refractivity (Wildman–Crippen MR) is 93.1 cm³/mol. The minimum Gasteiger partial charge on any atom is -0.478 e. The second kappa shape index (κ2) is 6.27. The number of nitrogens with zero attached hydrogens (tertiary/aromatic N) is 1. The van der Waals surface area contributed by atoms with Crippen molar-refractivity contribution in [1.82, 2.24) is 15.1 Å². The van der Waals surface area contributed by atoms with Gasteiger partial charge in [0, 0.05) is 6.54 Å². The van der Waals surface area contributed by atoms with Gasteiger partial charge in [-0.1, -0.05) is 29.8 Å². The van der Waals surface area contributed by atoms with Crippen molar-refractivity contribution >= 4 is 22.9 Å². The lowest BCUT2D eigenvalue weighted by Gasteiger charge is -2.08. The van der Waals surface area contributed by atoms with Gasteiger partial charge in [0.05, 0.1) is 16.5 Å². The van der Waals surface area contributed by atoms with E-state index in [0.29, 0.717) is 5.52 Å². The van der Waals surface area contributed by atoms with Crippen molar-refractivity contribution in [2.75, 3.05) is 0 Å². The molecule has 0 bridgehead atoms. The Hall–Kier alpha value is -3.35. The number of fused-ring (bicyclic) bond motifs is 1. The Kier molecular flexibility index (Phi) is 4.14. The van der Waals surface area contributed by atoms with Gasteiger partial charge in [-0.25, -0.2) is 9.59 Å². The van der Waals surface area contributed by atoms with E-state index in [1.165, 1.54) is 12.1 Å². The molecule has 0 aliphatic rings. The van der Waals surface area contributed by atoms with Crippen molar-refractivity contribution in [3.8, 4) is 0 Å². The Bertz CT molecular complexity index is 1050. The maximum atomic E-state index is 12.4. The SMILES string of the molecule is Cc1ccc(CNC(=O)n2[nH]c3cccc(C(=O)O)c3c2=O)c(C)c1. The summed E-state index contributed by atoms with van der Waals surface area (Å²) >= 11 is 0. The third-order valence-electron chi connectivity index (χ3n) is 4.08. The highest BCUT2D eigenvalue weighted by molar-refractivity contribution is 6.03. The van der Waals surface area contributed by atoms with E-state index < -0.39 is 17.6 Å². The molecule has 0 saturated carbocycles. The van der Waals surface area contributed by atoms with Gasteiger partial charge >= 0.3 is 12.0 Å². The number of carbonyl (C=O) groups is 2. The molecule has 7 heteroatoms. The molecule has 0 radical (unpaired) electrons. The molecule has 1 heterocycles. The van der Waals surface area contributed by atoms with Crippen LogP contribution in [-0.2, 0) is 6.54 Å². The average Bonchev–Trinajstić information content (AvgIpc) is 2.91. The summed E-state index contributed by atoms with van der Waals surface area (Å²) in [5, 5.41) is 14.5. The Labute approximate surface area is 142 Å². The molecule has 0 atom stereocenters. The highest BCUT2D eigenvalue weighted by Gasteiger charge is 2.18. The summed E-state index contributed by atoms with van der Waals surface area (Å²) in [6.45, 7) is 4.20. The number of H-pyrrole nitrogens is 1. The molecule has 3 aromatic rings. The van der Waals surface area contributed by atoms with Crippen molar-refractivity contribution in [2.45, 2.75) is 20.4 Å². The van der Waals surface area contributed by atoms with Crippen molar-refractivity contribution < 1.29 is 14.7 Å². The molecule has 0 saturated heterocycles. The van der Waals surface area contributed by atoms with E-state index in [1.807, 2.05) is 32.0 Å². The van der Waals surface area contributed by atoms with Crippen molar-refractivity contribution in [3.05, 3.63) is 69.0 Å². The largest absolute Gasteiger partial charge is 0.478 e. The number of hydrogen-bond donors (Lipinski definition) is 3. The smallest absolute Gasteiger partial charge is 0.343 e. The Morgan fingerprint density at radius 1 is 1.20 bits per heavy atom. The number of carboxylic acids is 1. The van der Waals surface area contributed by atoms with Crippen LogP contribution in [0.2, 0.25) is 0 Å². The molecule has 0 unspecified atom stereocenters. The quantitative estimate of drug-likeness (QED) is 0.681. The van der Waals surface area contributed by atoms with Gasteiger partial charge in [0.2, 0.25) is 0 Å². The van der Waals surface area contributed by atoms with Crippen LogP contribution >= 0.6 is 0 Å². The monoisotopic (exact) mass is 339 g/mol. The van der Waals surface area contributed by atoms with Crippen LogP contribution in [0, 0.1) is 13.8 Å². The molecular formula is C18H17N3O4. The lowest BCUT2D eigenvalue weighted by Crippen LogP contribution is -2.35. The molecule has 2 aromatic carbocycles. The molecule has 3 N–H and O–H groups in total. The Balaban J connectivity index is 1.90. The zero-order chi connectivity index (χ0) is 18.1. The first-order valence-electron chi connectivity index (χ1n) is 7.70. The summed E-state index contributed by atoms with van der Waals surface area (Å²) in [7, 11) is 0. The van der Waals surface area contributed by atoms with E-state index in [4.69, 9.17) is 0 Å². The maximum absolute atomic E-state index is 12.4. The number of aromatic carboxylic acids is 1. The number of amides is 1. The minimum absolute atomic E-state index is 0.0170. The van der Waals surface area contributed by atoms with Gasteiger partial charge in [0.1, 0.15) is 0 Å². The van der Waals surface area contributed by atoms with Gasteiger partial charge in [-0.15, -0.1) is 0 Å². The molecule has 0 fully saturated rings. The molecular weight excluding hydrogens is 322 g/mol. The summed E-state index contributed by atoms with van der Waals surface area (Å²) in [4.78, 5) is 36.0. The number of aromatic amines is 1. The molecule has 1 aromatic heterocycles. The van der Waals surface area contributed by atoms with E-state index in [2.05, 4.69) is 10.4 Å². The van der Waals surface area contributed by atoms with Gasteiger partial charge in [-0.3, -0.25) is 9.89 Å². The molecule has 7 nitrogen and oxygen atoms in total. The Morgan fingerprint density at radius 2 is 1.96 bits per heavy atom. The topological polar surface area (TPSA) is 104 Å². The normalized spacial score (nSPS) is 10.8. The first kappa shape index (κ1) is 16.5. The molecule has 0 spiro atoms. The van der Waals surface area contributed by atoms with Crippen LogP contribution in [0.25, 0.3) is 10.9 Å². The number of benzene rings is 2. The van der Waals surface area contributed by atoms with Crippen molar-refractivity contribution in [2.24, 2.45) is 0 Å². The van der Waals surface area contributed by atoms with E-state index in [9.17, 15) is 19.5 Å². The molecule has 128 valence electrons. The van der Waals surface area contributed by atoms with Crippen LogP contribution in [0.3, 0.4) is 0 Å². The molecule has 1 amide bonds. The minimum atomic E-state index is -1.22. The number of nitrogens with one attached hydrogen (secondary N) is 2. The molecule has 0 aliphatic heterocycles. The van der Waals surface area contributed by atoms with Crippen molar-refractivity contribution in [1.29, 1.82) is 0 Å². The molecule has 0 aliphatic carbocycles. The summed E-state index contributed by atoms with van der Waals surface area (Å²) in [5.74, 6) is -1.22. The predicted octanol–water partition coefficient (Wildman–Crippen LogP) is 2.40. The zero-order valence-corrected chi connectivity index (χ0v) is 13.8. The van der Waals surface area contributed by atoms with E-state index in [1.54, 1.807) is 6.07 Å². The number of rotatable bonds is 3. The van der Waals surface area contributed by atoms with Crippen LogP contribution in [0.1, 0.15) is 27.0 Å². The highest BCUT2D eigenvalue weighted by Crippen LogP contribution is 2.14. The second-order valence-corrected chi connectivity index (χ2v) is 5.87. The molecule has 25 heavy (non-hydrogen) atoms. The van der Waals surface area contributed by atoms with E-state index in [-0.39, 0.29) is 17.5 Å². The summed E-state index contributed by atoms with van der Waals surface area (Å²) in [5.41, 5.74) is 2.57. The summed E-state index contributed by atoms with van der Waals surface area (Å²) in [6, 6.07) is 9.63. The number of aromatic nitrogens is 2. The standard InChI is InChI=1S/C18H17N3O4/c1-10-6-7-12(11(2)8-10)9-19-18(25)21-16(22)15-13(17(23)24)4-3-5-14(15)20-21/h3-8,20H,9H2,1-2H3,(H,19,25)(H,23,24). The maximum Gasteiger partial charge on any atom is 0.343 e. The van der Waals surface area contributed by atoms with Crippen LogP contribution < -0.4 is 10.9 Å². The van der Waals surface area contributed by atoms with Gasteiger partial charge in [0.15, 0.2) is 0 Å². The first-order chi connectivity index (χ1) is 11.9. The third kappa shape index (κ3) is 3.03. The number of aryl methyl sites for hydroxylation is 2. The van der Waals surface area contributed by atoms with E-state index >= 15 is 0 Å². The fourth-order valence-electron chi connectivity index (χ4n) is 2.77. The second-order valence-electron chi connectivity index (χ2n) is 5.87. The summed E-state index contributed by atoms with van der Waals surface area (Å²) in [6.07, 6.45) is 0. The first-order valence-corrected chi connectivity index (χ1v) is 7.70. The fraction of sp³-hybridized carbons (Fsp3) is 0.167. The van der Waals surface area contributed by atoms with Gasteiger partial charge < -0.3 is 10.4 Å². The van der Waals surface area contributed by atoms with Crippen molar-refractivity contribution in [3.63, 3.8) is 0 Å². The fourth-order valence-corrected chi connectivity index (χ4v) is 2.77. The van der Waals surface area contributed by atoms with Crippen LogP contribution in [0.4, 0.5) is 4.79 Å². The van der Waals surface area contributed by atoms with Gasteiger partial charge in [0.25, 0.3) is 5.56 Å². The Morgan fingerprint density at radius 3 is 2.64 bits per heavy atom.